The van der Waals surface area contributed by atoms with Gasteiger partial charge < -0.3 is 15.2 Å². The Hall–Kier alpha value is -1.06. The van der Waals surface area contributed by atoms with Gasteiger partial charge in [-0.2, -0.15) is 0 Å². The van der Waals surface area contributed by atoms with Crippen LogP contribution in [0.25, 0.3) is 0 Å². The third kappa shape index (κ3) is 4.67. The second-order valence-electron chi connectivity index (χ2n) is 5.59. The summed E-state index contributed by atoms with van der Waals surface area (Å²) in [6, 6.07) is 5.85. The highest BCUT2D eigenvalue weighted by Gasteiger charge is 2.17. The van der Waals surface area contributed by atoms with Crippen LogP contribution in [0.4, 0.5) is 0 Å². The third-order valence-electron chi connectivity index (χ3n) is 3.22. The maximum absolute atomic E-state index is 9.91. The van der Waals surface area contributed by atoms with Crippen molar-refractivity contribution in [1.29, 1.82) is 0 Å². The van der Waals surface area contributed by atoms with Gasteiger partial charge in [0.25, 0.3) is 0 Å². The summed E-state index contributed by atoms with van der Waals surface area (Å²) in [5.74, 6) is 0.402. The Morgan fingerprint density at radius 1 is 1.33 bits per heavy atom. The van der Waals surface area contributed by atoms with E-state index in [9.17, 15) is 5.11 Å². The molecule has 0 saturated carbocycles. The number of aryl methyl sites for hydroxylation is 1. The number of hydrogen-bond acceptors (Lipinski definition) is 3. The molecule has 0 radical (unpaired) electrons. The van der Waals surface area contributed by atoms with Gasteiger partial charge in [-0.15, -0.1) is 0 Å². The average molecular weight is 251 g/mol. The van der Waals surface area contributed by atoms with Gasteiger partial charge >= 0.3 is 0 Å². The van der Waals surface area contributed by atoms with E-state index in [-0.39, 0.29) is 5.41 Å². The maximum atomic E-state index is 9.91. The van der Waals surface area contributed by atoms with Crippen molar-refractivity contribution in [2.75, 3.05) is 20.3 Å². The Balaban J connectivity index is 2.44. The van der Waals surface area contributed by atoms with E-state index >= 15 is 0 Å². The maximum Gasteiger partial charge on any atom is 0.122 e. The number of phenolic OH excluding ortho intramolecular Hbond substituents is 1. The number of para-hydroxylation sites is 1. The van der Waals surface area contributed by atoms with Gasteiger partial charge in [-0.3, -0.25) is 0 Å². The average Bonchev–Trinajstić information content (AvgIpc) is 2.32. The lowest BCUT2D eigenvalue weighted by atomic mass is 9.89. The van der Waals surface area contributed by atoms with E-state index in [1.54, 1.807) is 7.11 Å². The van der Waals surface area contributed by atoms with E-state index in [4.69, 9.17) is 4.74 Å². The van der Waals surface area contributed by atoms with Crippen LogP contribution >= 0.6 is 0 Å². The van der Waals surface area contributed by atoms with Gasteiger partial charge in [-0.05, 0) is 24.3 Å². The molecule has 3 heteroatoms. The fourth-order valence-corrected chi connectivity index (χ4v) is 1.86. The van der Waals surface area contributed by atoms with Crippen LogP contribution in [0.1, 0.15) is 31.4 Å². The molecule has 0 spiro atoms. The first-order valence-electron chi connectivity index (χ1n) is 6.43. The Labute approximate surface area is 110 Å². The van der Waals surface area contributed by atoms with E-state index < -0.39 is 0 Å². The molecule has 18 heavy (non-hydrogen) atoms. The van der Waals surface area contributed by atoms with Crippen LogP contribution < -0.4 is 5.32 Å². The van der Waals surface area contributed by atoms with Gasteiger partial charge in [-0.25, -0.2) is 0 Å². The quantitative estimate of drug-likeness (QED) is 0.783. The number of ether oxygens (including phenoxy) is 1. The van der Waals surface area contributed by atoms with Gasteiger partial charge in [0.15, 0.2) is 0 Å². The van der Waals surface area contributed by atoms with Crippen molar-refractivity contribution < 1.29 is 9.84 Å². The molecule has 2 N–H and O–H groups in total. The molecule has 102 valence electrons. The molecule has 0 fully saturated rings. The highest BCUT2D eigenvalue weighted by Crippen LogP contribution is 2.22. The molecule has 0 bridgehead atoms. The van der Waals surface area contributed by atoms with Crippen molar-refractivity contribution >= 4 is 0 Å². The fourth-order valence-electron chi connectivity index (χ4n) is 1.86. The molecule has 0 heterocycles. The molecule has 0 aliphatic rings. The summed E-state index contributed by atoms with van der Waals surface area (Å²) in [5, 5.41) is 13.3. The molecule has 0 saturated heterocycles. The number of methoxy groups -OCH3 is 1. The molecule has 1 aromatic rings. The number of phenols is 1. The van der Waals surface area contributed by atoms with Crippen LogP contribution in [0, 0.1) is 12.3 Å². The predicted octanol–water partition coefficient (Wildman–Crippen LogP) is 2.85. The first-order chi connectivity index (χ1) is 8.46. The first-order valence-corrected chi connectivity index (χ1v) is 6.43. The van der Waals surface area contributed by atoms with Crippen molar-refractivity contribution in [2.24, 2.45) is 5.41 Å². The predicted molar refractivity (Wildman–Crippen MR) is 74.8 cm³/mol. The van der Waals surface area contributed by atoms with Crippen molar-refractivity contribution in [1.82, 2.24) is 5.32 Å². The van der Waals surface area contributed by atoms with Crippen LogP contribution in [0.3, 0.4) is 0 Å². The summed E-state index contributed by atoms with van der Waals surface area (Å²) in [6.07, 6.45) is 1.02. The van der Waals surface area contributed by atoms with E-state index in [2.05, 4.69) is 19.2 Å². The fraction of sp³-hybridized carbons (Fsp3) is 0.600. The lowest BCUT2D eigenvalue weighted by Crippen LogP contribution is -2.30. The molecule has 0 atom stereocenters. The minimum atomic E-state index is 0.204. The molecule has 1 rings (SSSR count). The second kappa shape index (κ2) is 6.76. The third-order valence-corrected chi connectivity index (χ3v) is 3.22. The number of aromatic hydroxyl groups is 1. The Kier molecular flexibility index (Phi) is 5.63. The Morgan fingerprint density at radius 3 is 2.72 bits per heavy atom. The zero-order valence-corrected chi connectivity index (χ0v) is 11.9. The van der Waals surface area contributed by atoms with E-state index in [0.717, 1.165) is 30.7 Å². The summed E-state index contributed by atoms with van der Waals surface area (Å²) < 4.78 is 5.11. The SMILES string of the molecule is COCCC(C)(C)CNCc1cccc(C)c1O. The zero-order chi connectivity index (χ0) is 13.6. The Morgan fingerprint density at radius 2 is 2.06 bits per heavy atom. The molecule has 1 aromatic carbocycles. The lowest BCUT2D eigenvalue weighted by molar-refractivity contribution is 0.150. The van der Waals surface area contributed by atoms with E-state index in [1.807, 2.05) is 25.1 Å². The van der Waals surface area contributed by atoms with Crippen LogP contribution in [0.2, 0.25) is 0 Å². The molecule has 0 aliphatic carbocycles. The minimum absolute atomic E-state index is 0.204. The molecular weight excluding hydrogens is 226 g/mol. The van der Waals surface area contributed by atoms with E-state index in [0.29, 0.717) is 12.3 Å². The molecule has 0 aliphatic heterocycles. The highest BCUT2D eigenvalue weighted by atomic mass is 16.5. The van der Waals surface area contributed by atoms with Crippen molar-refractivity contribution in [3.63, 3.8) is 0 Å². The van der Waals surface area contributed by atoms with Gasteiger partial charge in [0.05, 0.1) is 0 Å². The van der Waals surface area contributed by atoms with E-state index in [1.165, 1.54) is 0 Å². The first kappa shape index (κ1) is 15.0. The summed E-state index contributed by atoms with van der Waals surface area (Å²) in [6.45, 7) is 8.74. The van der Waals surface area contributed by atoms with Crippen LogP contribution in [0.5, 0.6) is 5.75 Å². The zero-order valence-electron chi connectivity index (χ0n) is 11.9. The lowest BCUT2D eigenvalue weighted by Gasteiger charge is -2.24. The van der Waals surface area contributed by atoms with Crippen molar-refractivity contribution in [3.05, 3.63) is 29.3 Å². The summed E-state index contributed by atoms with van der Waals surface area (Å²) in [5.41, 5.74) is 2.08. The van der Waals surface area contributed by atoms with Gasteiger partial charge in [-0.1, -0.05) is 32.0 Å². The Bertz CT molecular complexity index is 375. The van der Waals surface area contributed by atoms with Gasteiger partial charge in [0.2, 0.25) is 0 Å². The monoisotopic (exact) mass is 251 g/mol. The van der Waals surface area contributed by atoms with Crippen LogP contribution in [-0.4, -0.2) is 25.4 Å². The highest BCUT2D eigenvalue weighted by molar-refractivity contribution is 5.39. The number of hydrogen-bond donors (Lipinski definition) is 2. The van der Waals surface area contributed by atoms with Crippen LogP contribution in [0.15, 0.2) is 18.2 Å². The molecule has 3 nitrogen and oxygen atoms in total. The molecular formula is C15H25NO2. The standard InChI is InChI=1S/C15H25NO2/c1-12-6-5-7-13(14(12)17)10-16-11-15(2,3)8-9-18-4/h5-7,16-17H,8-11H2,1-4H3. The summed E-state index contributed by atoms with van der Waals surface area (Å²) in [4.78, 5) is 0. The van der Waals surface area contributed by atoms with Crippen molar-refractivity contribution in [2.45, 2.75) is 33.7 Å². The number of rotatable bonds is 7. The topological polar surface area (TPSA) is 41.5 Å². The number of nitrogens with one attached hydrogen (secondary N) is 1. The number of benzene rings is 1. The normalized spacial score (nSPS) is 11.8. The molecule has 0 aromatic heterocycles. The van der Waals surface area contributed by atoms with Crippen molar-refractivity contribution in [3.8, 4) is 5.75 Å². The molecule has 0 unspecified atom stereocenters. The van der Waals surface area contributed by atoms with Gasteiger partial charge in [0.1, 0.15) is 5.75 Å². The summed E-state index contributed by atoms with van der Waals surface area (Å²) in [7, 11) is 1.73. The smallest absolute Gasteiger partial charge is 0.122 e. The second-order valence-corrected chi connectivity index (χ2v) is 5.59. The largest absolute Gasteiger partial charge is 0.507 e. The summed E-state index contributed by atoms with van der Waals surface area (Å²) >= 11 is 0. The molecule has 0 amide bonds. The van der Waals surface area contributed by atoms with Gasteiger partial charge in [0, 0.05) is 32.4 Å². The minimum Gasteiger partial charge on any atom is -0.507 e. The van der Waals surface area contributed by atoms with Crippen LogP contribution in [-0.2, 0) is 11.3 Å².